The Morgan fingerprint density at radius 2 is 1.64 bits per heavy atom. The lowest BCUT2D eigenvalue weighted by molar-refractivity contribution is -0.160. The van der Waals surface area contributed by atoms with Crippen molar-refractivity contribution in [2.75, 3.05) is 27.4 Å². The summed E-state index contributed by atoms with van der Waals surface area (Å²) in [6.45, 7) is 17.9. The van der Waals surface area contributed by atoms with E-state index in [1.54, 1.807) is 35.0 Å². The minimum Gasteiger partial charge on any atom is -0.493 e. The molecule has 0 radical (unpaired) electrons. The fourth-order valence-electron chi connectivity index (χ4n) is 4.24. The summed E-state index contributed by atoms with van der Waals surface area (Å²) in [4.78, 5) is 28.3. The van der Waals surface area contributed by atoms with Gasteiger partial charge in [-0.05, 0) is 72.6 Å². The summed E-state index contributed by atoms with van der Waals surface area (Å²) in [5.74, 6) is 0.474. The van der Waals surface area contributed by atoms with Crippen molar-refractivity contribution in [2.45, 2.75) is 84.6 Å². The number of carbonyl (C=O) groups is 2. The van der Waals surface area contributed by atoms with Gasteiger partial charge in [0.2, 0.25) is 0 Å². The number of likely N-dealkylation sites (tertiary alicyclic amines) is 1. The highest BCUT2D eigenvalue weighted by molar-refractivity contribution is 5.83. The number of hydrogen-bond donors (Lipinski definition) is 0. The van der Waals surface area contributed by atoms with Crippen LogP contribution in [-0.4, -0.2) is 61.6 Å². The number of nitrogens with zero attached hydrogens (tertiary/aromatic N) is 1. The first-order chi connectivity index (χ1) is 16.7. The van der Waals surface area contributed by atoms with Gasteiger partial charge in [0.05, 0.1) is 19.8 Å². The number of ether oxygens (including phenoxy) is 5. The van der Waals surface area contributed by atoms with Gasteiger partial charge in [-0.15, -0.1) is 0 Å². The van der Waals surface area contributed by atoms with Crippen LogP contribution in [0.4, 0.5) is 4.79 Å². The Bertz CT molecular complexity index is 929. The van der Waals surface area contributed by atoms with Crippen LogP contribution in [0.1, 0.15) is 72.9 Å². The van der Waals surface area contributed by atoms with Gasteiger partial charge in [-0.3, -0.25) is 4.90 Å². The van der Waals surface area contributed by atoms with E-state index in [1.807, 2.05) is 45.9 Å². The molecular weight excluding hydrogens is 462 g/mol. The molecule has 1 aliphatic heterocycles. The Morgan fingerprint density at radius 3 is 2.17 bits per heavy atom. The van der Waals surface area contributed by atoms with Gasteiger partial charge in [-0.25, -0.2) is 9.59 Å². The third-order valence-electron chi connectivity index (χ3n) is 5.69. The molecule has 3 atom stereocenters. The fourth-order valence-corrected chi connectivity index (χ4v) is 4.24. The summed E-state index contributed by atoms with van der Waals surface area (Å²) in [6, 6.07) is 4.24. The number of hydrogen-bond acceptors (Lipinski definition) is 7. The molecule has 36 heavy (non-hydrogen) atoms. The van der Waals surface area contributed by atoms with E-state index >= 15 is 0 Å². The maximum atomic E-state index is 13.5. The minimum absolute atomic E-state index is 0.190. The molecule has 0 aromatic heterocycles. The van der Waals surface area contributed by atoms with Crippen LogP contribution in [0.5, 0.6) is 11.5 Å². The van der Waals surface area contributed by atoms with Gasteiger partial charge in [-0.1, -0.05) is 18.2 Å². The first kappa shape index (κ1) is 29.5. The van der Waals surface area contributed by atoms with Crippen LogP contribution < -0.4 is 9.47 Å². The SMILES string of the molecule is C=C(C)[C@H]1C[C@@H](C(=O)OC(C)(C)C)N(C(=O)OC(C)(C)C)[C@H]1c1ccc(OC)c(OCCCOC)c1. The van der Waals surface area contributed by atoms with E-state index in [0.29, 0.717) is 37.6 Å². The Hall–Kier alpha value is -2.74. The maximum absolute atomic E-state index is 13.5. The van der Waals surface area contributed by atoms with E-state index < -0.39 is 35.3 Å². The first-order valence-corrected chi connectivity index (χ1v) is 12.4. The van der Waals surface area contributed by atoms with E-state index in [0.717, 1.165) is 11.1 Å². The molecule has 0 N–H and O–H groups in total. The third kappa shape index (κ3) is 7.88. The molecule has 1 heterocycles. The minimum atomic E-state index is -0.820. The summed E-state index contributed by atoms with van der Waals surface area (Å²) in [7, 11) is 3.22. The molecule has 8 nitrogen and oxygen atoms in total. The van der Waals surface area contributed by atoms with Crippen molar-refractivity contribution in [3.05, 3.63) is 35.9 Å². The number of methoxy groups -OCH3 is 2. The van der Waals surface area contributed by atoms with Crippen LogP contribution in [0.15, 0.2) is 30.4 Å². The van der Waals surface area contributed by atoms with Gasteiger partial charge in [-0.2, -0.15) is 0 Å². The monoisotopic (exact) mass is 505 g/mol. The Labute approximate surface area is 215 Å². The Morgan fingerprint density at radius 1 is 1.00 bits per heavy atom. The summed E-state index contributed by atoms with van der Waals surface area (Å²) < 4.78 is 28.1. The van der Waals surface area contributed by atoms with E-state index in [9.17, 15) is 9.59 Å². The lowest BCUT2D eigenvalue weighted by Crippen LogP contribution is -2.46. The normalized spacial score (nSPS) is 20.1. The number of carbonyl (C=O) groups excluding carboxylic acids is 2. The van der Waals surface area contributed by atoms with Gasteiger partial charge in [0.15, 0.2) is 11.5 Å². The third-order valence-corrected chi connectivity index (χ3v) is 5.69. The zero-order valence-corrected chi connectivity index (χ0v) is 23.3. The quantitative estimate of drug-likeness (QED) is 0.242. The molecule has 8 heteroatoms. The molecular formula is C28H43NO7. The van der Waals surface area contributed by atoms with Gasteiger partial charge in [0.1, 0.15) is 17.2 Å². The van der Waals surface area contributed by atoms with Crippen molar-refractivity contribution in [1.29, 1.82) is 0 Å². The highest BCUT2D eigenvalue weighted by Crippen LogP contribution is 2.47. The van der Waals surface area contributed by atoms with Crippen molar-refractivity contribution in [3.8, 4) is 11.5 Å². The summed E-state index contributed by atoms with van der Waals surface area (Å²) in [5, 5.41) is 0. The Balaban J connectivity index is 2.55. The standard InChI is InChI=1S/C28H43NO7/c1-18(2)20-17-21(25(30)35-27(3,4)5)29(26(31)36-28(6,7)8)24(20)19-12-13-22(33-10)23(16-19)34-15-11-14-32-9/h12-13,16,20-21,24H,1,11,14-15,17H2,2-10H3/t20-,21+,24+/m1/s1. The average Bonchev–Trinajstić information content (AvgIpc) is 3.16. The number of amides is 1. The summed E-state index contributed by atoms with van der Waals surface area (Å²) >= 11 is 0. The molecule has 1 saturated heterocycles. The molecule has 0 saturated carbocycles. The number of rotatable bonds is 9. The van der Waals surface area contributed by atoms with Crippen LogP contribution in [0.25, 0.3) is 0 Å². The fraction of sp³-hybridized carbons (Fsp3) is 0.643. The molecule has 1 fully saturated rings. The van der Waals surface area contributed by atoms with Gasteiger partial charge < -0.3 is 23.7 Å². The predicted molar refractivity (Wildman–Crippen MR) is 138 cm³/mol. The van der Waals surface area contributed by atoms with E-state index in [2.05, 4.69) is 6.58 Å². The van der Waals surface area contributed by atoms with E-state index in [-0.39, 0.29) is 5.92 Å². The van der Waals surface area contributed by atoms with E-state index in [1.165, 1.54) is 4.90 Å². The molecule has 0 aliphatic carbocycles. The Kier molecular flexibility index (Phi) is 9.83. The molecule has 2 rings (SSSR count). The van der Waals surface area contributed by atoms with Crippen molar-refractivity contribution in [3.63, 3.8) is 0 Å². The molecule has 1 aromatic rings. The molecule has 0 spiro atoms. The number of benzene rings is 1. The van der Waals surface area contributed by atoms with Gasteiger partial charge in [0, 0.05) is 26.1 Å². The van der Waals surface area contributed by atoms with Crippen LogP contribution >= 0.6 is 0 Å². The average molecular weight is 506 g/mol. The van der Waals surface area contributed by atoms with Crippen LogP contribution in [0, 0.1) is 5.92 Å². The molecule has 1 amide bonds. The summed E-state index contributed by atoms with van der Waals surface area (Å²) in [5.41, 5.74) is 0.216. The van der Waals surface area contributed by atoms with Crippen LogP contribution in [-0.2, 0) is 19.0 Å². The second-order valence-corrected chi connectivity index (χ2v) is 11.2. The van der Waals surface area contributed by atoms with Crippen molar-refractivity contribution in [2.24, 2.45) is 5.92 Å². The van der Waals surface area contributed by atoms with Crippen molar-refractivity contribution < 1.29 is 33.3 Å². The zero-order chi connectivity index (χ0) is 27.3. The van der Waals surface area contributed by atoms with Crippen LogP contribution in [0.3, 0.4) is 0 Å². The lowest BCUT2D eigenvalue weighted by Gasteiger charge is -2.34. The first-order valence-electron chi connectivity index (χ1n) is 12.4. The zero-order valence-electron chi connectivity index (χ0n) is 23.3. The molecule has 1 aliphatic rings. The number of esters is 1. The second kappa shape index (κ2) is 12.0. The smallest absolute Gasteiger partial charge is 0.411 e. The van der Waals surface area contributed by atoms with Crippen molar-refractivity contribution >= 4 is 12.1 Å². The summed E-state index contributed by atoms with van der Waals surface area (Å²) in [6.07, 6.45) is 0.516. The van der Waals surface area contributed by atoms with E-state index in [4.69, 9.17) is 23.7 Å². The highest BCUT2D eigenvalue weighted by atomic mass is 16.6. The molecule has 202 valence electrons. The maximum Gasteiger partial charge on any atom is 0.411 e. The van der Waals surface area contributed by atoms with Crippen LogP contribution in [0.2, 0.25) is 0 Å². The molecule has 0 bridgehead atoms. The lowest BCUT2D eigenvalue weighted by atomic mass is 9.88. The highest BCUT2D eigenvalue weighted by Gasteiger charge is 2.50. The largest absolute Gasteiger partial charge is 0.493 e. The molecule has 0 unspecified atom stereocenters. The predicted octanol–water partition coefficient (Wildman–Crippen LogP) is 5.70. The van der Waals surface area contributed by atoms with Gasteiger partial charge >= 0.3 is 12.1 Å². The second-order valence-electron chi connectivity index (χ2n) is 11.2. The van der Waals surface area contributed by atoms with Crippen molar-refractivity contribution in [1.82, 2.24) is 4.90 Å². The molecule has 1 aromatic carbocycles. The van der Waals surface area contributed by atoms with Gasteiger partial charge in [0.25, 0.3) is 0 Å². The topological polar surface area (TPSA) is 83.5 Å².